The monoisotopic (exact) mass is 241 g/mol. The smallest absolute Gasteiger partial charge is 0.0317 e. The van der Waals surface area contributed by atoms with Crippen LogP contribution in [0.1, 0.15) is 44.2 Å². The van der Waals surface area contributed by atoms with E-state index >= 15 is 0 Å². The maximum absolute atomic E-state index is 3.44. The number of fused-ring (bicyclic) bond motifs is 1. The first-order chi connectivity index (χ1) is 8.85. The molecule has 0 bridgehead atoms. The summed E-state index contributed by atoms with van der Waals surface area (Å²) in [5.41, 5.74) is 1.41. The lowest BCUT2D eigenvalue weighted by Gasteiger charge is -2.17. The first kappa shape index (κ1) is 13.1. The van der Waals surface area contributed by atoms with E-state index in [1.165, 1.54) is 42.0 Å². The molecule has 0 radical (unpaired) electrons. The average molecular weight is 241 g/mol. The molecular weight excluding hydrogens is 218 g/mol. The zero-order chi connectivity index (χ0) is 12.8. The summed E-state index contributed by atoms with van der Waals surface area (Å²) in [5.74, 6) is 0. The molecule has 18 heavy (non-hydrogen) atoms. The molecule has 1 heteroatoms. The van der Waals surface area contributed by atoms with Crippen molar-refractivity contribution in [2.24, 2.45) is 0 Å². The second-order valence-corrected chi connectivity index (χ2v) is 4.94. The molecule has 0 spiro atoms. The Morgan fingerprint density at radius 2 is 1.78 bits per heavy atom. The maximum Gasteiger partial charge on any atom is 0.0317 e. The zero-order valence-corrected chi connectivity index (χ0v) is 11.4. The van der Waals surface area contributed by atoms with E-state index in [-0.39, 0.29) is 0 Å². The Morgan fingerprint density at radius 1 is 1.00 bits per heavy atom. The van der Waals surface area contributed by atoms with Gasteiger partial charge in [0.25, 0.3) is 0 Å². The number of nitrogens with one attached hydrogen (secondary N) is 1. The molecule has 2 rings (SSSR count). The molecular formula is C17H23N. The Bertz CT molecular complexity index is 490. The van der Waals surface area contributed by atoms with Gasteiger partial charge in [0.1, 0.15) is 0 Å². The number of hydrogen-bond acceptors (Lipinski definition) is 1. The van der Waals surface area contributed by atoms with Crippen LogP contribution in [0.2, 0.25) is 0 Å². The Balaban J connectivity index is 2.17. The summed E-state index contributed by atoms with van der Waals surface area (Å²) >= 11 is 0. The molecule has 0 saturated carbocycles. The fourth-order valence-electron chi connectivity index (χ4n) is 2.50. The van der Waals surface area contributed by atoms with Gasteiger partial charge in [0, 0.05) is 6.04 Å². The van der Waals surface area contributed by atoms with Crippen molar-refractivity contribution in [2.75, 3.05) is 7.05 Å². The predicted octanol–water partition coefficient (Wildman–Crippen LogP) is 4.68. The average Bonchev–Trinajstić information content (AvgIpc) is 2.43. The Labute approximate surface area is 110 Å². The predicted molar refractivity (Wildman–Crippen MR) is 79.9 cm³/mol. The molecule has 1 N–H and O–H groups in total. The van der Waals surface area contributed by atoms with Gasteiger partial charge in [-0.2, -0.15) is 0 Å². The summed E-state index contributed by atoms with van der Waals surface area (Å²) in [4.78, 5) is 0. The van der Waals surface area contributed by atoms with Crippen LogP contribution in [0.3, 0.4) is 0 Å². The van der Waals surface area contributed by atoms with Crippen LogP contribution in [0.25, 0.3) is 10.8 Å². The molecule has 2 aromatic carbocycles. The summed E-state index contributed by atoms with van der Waals surface area (Å²) in [5, 5.41) is 6.10. The largest absolute Gasteiger partial charge is 0.313 e. The van der Waals surface area contributed by atoms with Crippen LogP contribution in [-0.2, 0) is 0 Å². The van der Waals surface area contributed by atoms with E-state index in [2.05, 4.69) is 61.8 Å². The number of hydrogen-bond donors (Lipinski definition) is 1. The molecule has 0 fully saturated rings. The highest BCUT2D eigenvalue weighted by Gasteiger charge is 2.08. The van der Waals surface area contributed by atoms with Crippen molar-refractivity contribution in [2.45, 2.75) is 38.6 Å². The summed E-state index contributed by atoms with van der Waals surface area (Å²) in [6, 6.07) is 15.9. The highest BCUT2D eigenvalue weighted by Crippen LogP contribution is 2.23. The van der Waals surface area contributed by atoms with Gasteiger partial charge in [-0.25, -0.2) is 0 Å². The summed E-state index contributed by atoms with van der Waals surface area (Å²) < 4.78 is 0. The SMILES string of the molecule is CCCCCC(NC)c1ccc2ccccc2c1. The molecule has 1 nitrogen and oxygen atoms in total. The quantitative estimate of drug-likeness (QED) is 0.724. The van der Waals surface area contributed by atoms with Gasteiger partial charge >= 0.3 is 0 Å². The number of unbranched alkanes of at least 4 members (excludes halogenated alkanes) is 2. The van der Waals surface area contributed by atoms with Crippen molar-refractivity contribution in [3.63, 3.8) is 0 Å². The van der Waals surface area contributed by atoms with Gasteiger partial charge in [-0.3, -0.25) is 0 Å². The van der Waals surface area contributed by atoms with E-state index in [1.54, 1.807) is 0 Å². The van der Waals surface area contributed by atoms with Crippen LogP contribution in [-0.4, -0.2) is 7.05 Å². The van der Waals surface area contributed by atoms with Gasteiger partial charge in [0.15, 0.2) is 0 Å². The lowest BCUT2D eigenvalue weighted by Crippen LogP contribution is -2.16. The molecule has 0 aliphatic carbocycles. The third-order valence-corrected chi connectivity index (χ3v) is 3.62. The highest BCUT2D eigenvalue weighted by molar-refractivity contribution is 5.83. The second-order valence-electron chi connectivity index (χ2n) is 4.94. The summed E-state index contributed by atoms with van der Waals surface area (Å²) in [7, 11) is 2.06. The number of benzene rings is 2. The lowest BCUT2D eigenvalue weighted by molar-refractivity contribution is 0.512. The van der Waals surface area contributed by atoms with Gasteiger partial charge < -0.3 is 5.32 Å². The van der Waals surface area contributed by atoms with Crippen LogP contribution in [0, 0.1) is 0 Å². The van der Waals surface area contributed by atoms with E-state index in [0.29, 0.717) is 6.04 Å². The van der Waals surface area contributed by atoms with Crippen molar-refractivity contribution >= 4 is 10.8 Å². The standard InChI is InChI=1S/C17H23N/c1-3-4-5-10-17(18-2)16-12-11-14-8-6-7-9-15(14)13-16/h6-9,11-13,17-18H,3-5,10H2,1-2H3. The minimum Gasteiger partial charge on any atom is -0.313 e. The van der Waals surface area contributed by atoms with E-state index in [0.717, 1.165) is 0 Å². The molecule has 96 valence electrons. The van der Waals surface area contributed by atoms with Gasteiger partial charge in [-0.15, -0.1) is 0 Å². The van der Waals surface area contributed by atoms with Crippen molar-refractivity contribution in [3.05, 3.63) is 48.0 Å². The van der Waals surface area contributed by atoms with Crippen LogP contribution in [0.15, 0.2) is 42.5 Å². The fraction of sp³-hybridized carbons (Fsp3) is 0.412. The molecule has 0 heterocycles. The molecule has 0 aliphatic heterocycles. The van der Waals surface area contributed by atoms with E-state index in [1.807, 2.05) is 0 Å². The van der Waals surface area contributed by atoms with Gasteiger partial charge in [-0.1, -0.05) is 62.6 Å². The minimum atomic E-state index is 0.487. The van der Waals surface area contributed by atoms with Crippen molar-refractivity contribution in [1.82, 2.24) is 5.32 Å². The minimum absolute atomic E-state index is 0.487. The van der Waals surface area contributed by atoms with Gasteiger partial charge in [-0.05, 0) is 35.9 Å². The second kappa shape index (κ2) is 6.55. The Kier molecular flexibility index (Phi) is 4.77. The third kappa shape index (κ3) is 3.11. The maximum atomic E-state index is 3.44. The third-order valence-electron chi connectivity index (χ3n) is 3.62. The van der Waals surface area contributed by atoms with Crippen molar-refractivity contribution in [1.29, 1.82) is 0 Å². The first-order valence-corrected chi connectivity index (χ1v) is 7.01. The molecule has 0 aliphatic rings. The van der Waals surface area contributed by atoms with E-state index in [4.69, 9.17) is 0 Å². The Hall–Kier alpha value is -1.34. The number of rotatable bonds is 6. The molecule has 0 amide bonds. The lowest BCUT2D eigenvalue weighted by atomic mass is 9.98. The molecule has 0 saturated heterocycles. The van der Waals surface area contributed by atoms with Crippen LogP contribution in [0.4, 0.5) is 0 Å². The normalized spacial score (nSPS) is 12.8. The molecule has 2 aromatic rings. The molecule has 1 unspecified atom stereocenters. The summed E-state index contributed by atoms with van der Waals surface area (Å²) in [6.45, 7) is 2.25. The van der Waals surface area contributed by atoms with Crippen LogP contribution < -0.4 is 5.32 Å². The molecule has 0 aromatic heterocycles. The highest BCUT2D eigenvalue weighted by atomic mass is 14.9. The van der Waals surface area contributed by atoms with E-state index < -0.39 is 0 Å². The summed E-state index contributed by atoms with van der Waals surface area (Å²) in [6.07, 6.45) is 5.14. The zero-order valence-electron chi connectivity index (χ0n) is 11.4. The topological polar surface area (TPSA) is 12.0 Å². The molecule has 1 atom stereocenters. The van der Waals surface area contributed by atoms with Crippen LogP contribution in [0.5, 0.6) is 0 Å². The van der Waals surface area contributed by atoms with E-state index in [9.17, 15) is 0 Å². The van der Waals surface area contributed by atoms with Gasteiger partial charge in [0.2, 0.25) is 0 Å². The Morgan fingerprint density at radius 3 is 2.50 bits per heavy atom. The van der Waals surface area contributed by atoms with Crippen LogP contribution >= 0.6 is 0 Å². The van der Waals surface area contributed by atoms with Crippen molar-refractivity contribution < 1.29 is 0 Å². The fourth-order valence-corrected chi connectivity index (χ4v) is 2.50. The van der Waals surface area contributed by atoms with Crippen molar-refractivity contribution in [3.8, 4) is 0 Å². The first-order valence-electron chi connectivity index (χ1n) is 7.01. The van der Waals surface area contributed by atoms with Gasteiger partial charge in [0.05, 0.1) is 0 Å².